The van der Waals surface area contributed by atoms with Gasteiger partial charge in [0.1, 0.15) is 11.6 Å². The molecule has 0 N–H and O–H groups in total. The molecular formula is C16H11FO3. The molecule has 0 aliphatic rings. The lowest BCUT2D eigenvalue weighted by Gasteiger charge is -2.11. The van der Waals surface area contributed by atoms with Gasteiger partial charge in [-0.2, -0.15) is 0 Å². The lowest BCUT2D eigenvalue weighted by atomic mass is 10.0. The first-order valence-corrected chi connectivity index (χ1v) is 6.06. The molecule has 0 heterocycles. The summed E-state index contributed by atoms with van der Waals surface area (Å²) in [6.45, 7) is 0. The van der Waals surface area contributed by atoms with Crippen LogP contribution in [0.5, 0.6) is 5.75 Å². The number of methoxy groups -OCH3 is 1. The lowest BCUT2D eigenvalue weighted by molar-refractivity contribution is 0.122. The third kappa shape index (κ3) is 2.05. The summed E-state index contributed by atoms with van der Waals surface area (Å²) in [4.78, 5) is 11.4. The average Bonchev–Trinajstić information content (AvgIpc) is 2.46. The second kappa shape index (κ2) is 4.81. The van der Waals surface area contributed by atoms with E-state index in [-0.39, 0.29) is 5.82 Å². The van der Waals surface area contributed by atoms with Gasteiger partial charge in [-0.25, -0.2) is 9.18 Å². The Balaban J connectivity index is 2.36. The summed E-state index contributed by atoms with van der Waals surface area (Å²) in [5.74, 6) is 0.0433. The van der Waals surface area contributed by atoms with Crippen LogP contribution in [-0.2, 0) is 4.74 Å². The minimum absolute atomic E-state index is 0.336. The zero-order valence-corrected chi connectivity index (χ0v) is 10.7. The van der Waals surface area contributed by atoms with Crippen LogP contribution in [0.4, 0.5) is 9.18 Å². The highest BCUT2D eigenvalue weighted by molar-refractivity contribution is 6.06. The van der Waals surface area contributed by atoms with Crippen molar-refractivity contribution in [2.24, 2.45) is 0 Å². The van der Waals surface area contributed by atoms with Crippen molar-refractivity contribution in [3.63, 3.8) is 0 Å². The van der Waals surface area contributed by atoms with Crippen LogP contribution in [0.3, 0.4) is 0 Å². The van der Waals surface area contributed by atoms with Crippen molar-refractivity contribution in [2.45, 2.75) is 0 Å². The Labute approximate surface area is 114 Å². The van der Waals surface area contributed by atoms with Crippen molar-refractivity contribution < 1.29 is 18.7 Å². The van der Waals surface area contributed by atoms with Crippen LogP contribution in [0.25, 0.3) is 21.5 Å². The van der Waals surface area contributed by atoms with E-state index in [1.54, 1.807) is 6.07 Å². The van der Waals surface area contributed by atoms with E-state index in [1.807, 2.05) is 30.3 Å². The number of carbonyl (C=O) groups is 1. The molecule has 3 aromatic carbocycles. The number of carbonyl (C=O) groups excluding carboxylic acids is 1. The molecule has 0 bridgehead atoms. The van der Waals surface area contributed by atoms with E-state index in [2.05, 4.69) is 4.74 Å². The zero-order chi connectivity index (χ0) is 14.1. The number of hydrogen-bond donors (Lipinski definition) is 0. The Morgan fingerprint density at radius 3 is 2.55 bits per heavy atom. The van der Waals surface area contributed by atoms with Gasteiger partial charge in [-0.05, 0) is 35.0 Å². The summed E-state index contributed by atoms with van der Waals surface area (Å²) >= 11 is 0. The molecule has 0 atom stereocenters. The number of halogens is 1. The number of hydrogen-bond acceptors (Lipinski definition) is 3. The third-order valence-corrected chi connectivity index (χ3v) is 3.13. The van der Waals surface area contributed by atoms with E-state index in [4.69, 9.17) is 4.74 Å². The minimum Gasteiger partial charge on any atom is -0.437 e. The van der Waals surface area contributed by atoms with E-state index >= 15 is 0 Å². The fraction of sp³-hybridized carbons (Fsp3) is 0.0625. The van der Waals surface area contributed by atoms with Gasteiger partial charge in [-0.3, -0.25) is 0 Å². The van der Waals surface area contributed by atoms with Gasteiger partial charge in [-0.1, -0.05) is 24.3 Å². The van der Waals surface area contributed by atoms with Crippen molar-refractivity contribution in [1.29, 1.82) is 0 Å². The van der Waals surface area contributed by atoms with Gasteiger partial charge in [-0.15, -0.1) is 0 Å². The van der Waals surface area contributed by atoms with Gasteiger partial charge < -0.3 is 9.47 Å². The summed E-state index contributed by atoms with van der Waals surface area (Å²) < 4.78 is 23.2. The van der Waals surface area contributed by atoms with Gasteiger partial charge in [0.05, 0.1) is 7.11 Å². The monoisotopic (exact) mass is 270 g/mol. The molecule has 20 heavy (non-hydrogen) atoms. The van der Waals surface area contributed by atoms with Crippen LogP contribution < -0.4 is 4.74 Å². The van der Waals surface area contributed by atoms with Gasteiger partial charge in [0.2, 0.25) is 0 Å². The molecular weight excluding hydrogens is 259 g/mol. The van der Waals surface area contributed by atoms with Crippen LogP contribution in [-0.4, -0.2) is 13.3 Å². The molecule has 3 aromatic rings. The SMILES string of the molecule is COC(=O)Oc1c2ccccc2cc2cc(F)ccc12. The normalized spacial score (nSPS) is 10.7. The molecule has 0 aliphatic carbocycles. The first-order chi connectivity index (χ1) is 9.69. The van der Waals surface area contributed by atoms with E-state index in [0.29, 0.717) is 16.5 Å². The maximum absolute atomic E-state index is 13.4. The van der Waals surface area contributed by atoms with Gasteiger partial charge in [0.15, 0.2) is 0 Å². The molecule has 0 spiro atoms. The molecule has 0 unspecified atom stereocenters. The Kier molecular flexibility index (Phi) is 2.99. The molecule has 0 amide bonds. The molecule has 3 nitrogen and oxygen atoms in total. The Morgan fingerprint density at radius 2 is 1.75 bits per heavy atom. The van der Waals surface area contributed by atoms with Crippen molar-refractivity contribution in [1.82, 2.24) is 0 Å². The first kappa shape index (κ1) is 12.4. The number of benzene rings is 3. The fourth-order valence-electron chi connectivity index (χ4n) is 2.24. The number of ether oxygens (including phenoxy) is 2. The van der Waals surface area contributed by atoms with Crippen molar-refractivity contribution in [3.05, 3.63) is 54.3 Å². The molecule has 0 saturated heterocycles. The van der Waals surface area contributed by atoms with Crippen LogP contribution in [0.2, 0.25) is 0 Å². The summed E-state index contributed by atoms with van der Waals surface area (Å²) in [5, 5.41) is 2.97. The molecule has 100 valence electrons. The summed E-state index contributed by atoms with van der Waals surface area (Å²) in [5.41, 5.74) is 0. The standard InChI is InChI=1S/C16H11FO3/c1-19-16(18)20-15-13-5-3-2-4-10(13)8-11-9-12(17)6-7-14(11)15/h2-9H,1H3. The van der Waals surface area contributed by atoms with Crippen LogP contribution >= 0.6 is 0 Å². The van der Waals surface area contributed by atoms with Crippen LogP contribution in [0.1, 0.15) is 0 Å². The lowest BCUT2D eigenvalue weighted by Crippen LogP contribution is -2.08. The van der Waals surface area contributed by atoms with Gasteiger partial charge >= 0.3 is 6.16 Å². The maximum atomic E-state index is 13.4. The number of fused-ring (bicyclic) bond motifs is 2. The predicted molar refractivity (Wildman–Crippen MR) is 74.4 cm³/mol. The minimum atomic E-state index is -0.799. The number of rotatable bonds is 1. The van der Waals surface area contributed by atoms with E-state index in [1.165, 1.54) is 19.2 Å². The van der Waals surface area contributed by atoms with Gasteiger partial charge in [0, 0.05) is 10.8 Å². The van der Waals surface area contributed by atoms with E-state index in [9.17, 15) is 9.18 Å². The highest BCUT2D eigenvalue weighted by Gasteiger charge is 2.13. The predicted octanol–water partition coefficient (Wildman–Crippen LogP) is 4.28. The summed E-state index contributed by atoms with van der Waals surface area (Å²) in [7, 11) is 1.25. The van der Waals surface area contributed by atoms with Crippen molar-refractivity contribution >= 4 is 27.7 Å². The average molecular weight is 270 g/mol. The fourth-order valence-corrected chi connectivity index (χ4v) is 2.24. The summed E-state index contributed by atoms with van der Waals surface area (Å²) in [6.07, 6.45) is -0.799. The Bertz CT molecular complexity index is 811. The topological polar surface area (TPSA) is 35.5 Å². The zero-order valence-electron chi connectivity index (χ0n) is 10.7. The smallest absolute Gasteiger partial charge is 0.437 e. The molecule has 4 heteroatoms. The molecule has 0 saturated carbocycles. The van der Waals surface area contributed by atoms with Crippen molar-refractivity contribution in [2.75, 3.05) is 7.11 Å². The largest absolute Gasteiger partial charge is 0.513 e. The van der Waals surface area contributed by atoms with E-state index < -0.39 is 6.16 Å². The Morgan fingerprint density at radius 1 is 1.00 bits per heavy atom. The Hall–Kier alpha value is -2.62. The molecule has 0 aliphatic heterocycles. The van der Waals surface area contributed by atoms with Crippen molar-refractivity contribution in [3.8, 4) is 5.75 Å². The molecule has 3 rings (SSSR count). The second-order valence-corrected chi connectivity index (χ2v) is 4.35. The van der Waals surface area contributed by atoms with E-state index in [0.717, 1.165) is 10.8 Å². The highest BCUT2D eigenvalue weighted by atomic mass is 19.1. The molecule has 0 fully saturated rings. The quantitative estimate of drug-likeness (QED) is 0.376. The van der Waals surface area contributed by atoms with Crippen LogP contribution in [0.15, 0.2) is 48.5 Å². The van der Waals surface area contributed by atoms with Gasteiger partial charge in [0.25, 0.3) is 0 Å². The molecule has 0 radical (unpaired) electrons. The highest BCUT2D eigenvalue weighted by Crippen LogP contribution is 2.35. The first-order valence-electron chi connectivity index (χ1n) is 6.06. The van der Waals surface area contributed by atoms with Crippen LogP contribution in [0, 0.1) is 5.82 Å². The third-order valence-electron chi connectivity index (χ3n) is 3.13. The molecule has 0 aromatic heterocycles. The summed E-state index contributed by atoms with van der Waals surface area (Å²) in [6, 6.07) is 13.6. The second-order valence-electron chi connectivity index (χ2n) is 4.35. The maximum Gasteiger partial charge on any atom is 0.513 e.